The Morgan fingerprint density at radius 3 is 2.72 bits per heavy atom. The first kappa shape index (κ1) is 13.1. The molecule has 0 radical (unpaired) electrons. The molecule has 0 spiro atoms. The maximum absolute atomic E-state index is 11.0. The molecule has 4 nitrogen and oxygen atoms in total. The molecule has 6 heteroatoms. The number of aromatic carboxylic acids is 1. The van der Waals surface area contributed by atoms with Gasteiger partial charge in [0.1, 0.15) is 0 Å². The highest BCUT2D eigenvalue weighted by Crippen LogP contribution is 2.28. The number of oxazole rings is 1. The van der Waals surface area contributed by atoms with Crippen molar-refractivity contribution in [3.63, 3.8) is 0 Å². The average molecular weight is 331 g/mol. The van der Waals surface area contributed by atoms with Crippen molar-refractivity contribution < 1.29 is 14.3 Å². The Bertz CT molecular complexity index is 589. The molecular weight excluding hydrogens is 321 g/mol. The Morgan fingerprint density at radius 2 is 2.22 bits per heavy atom. The van der Waals surface area contributed by atoms with E-state index in [-0.39, 0.29) is 11.7 Å². The van der Waals surface area contributed by atoms with E-state index in [1.54, 1.807) is 18.2 Å². The fraction of sp³-hybridized carbons (Fsp3) is 0.167. The van der Waals surface area contributed by atoms with Crippen LogP contribution in [0.25, 0.3) is 11.5 Å². The van der Waals surface area contributed by atoms with Crippen molar-refractivity contribution in [2.24, 2.45) is 0 Å². The van der Waals surface area contributed by atoms with Crippen LogP contribution in [0.1, 0.15) is 23.2 Å². The van der Waals surface area contributed by atoms with Crippen LogP contribution in [0.2, 0.25) is 5.02 Å². The molecule has 1 aromatic heterocycles. The lowest BCUT2D eigenvalue weighted by molar-refractivity contribution is 0.0662. The fourth-order valence-corrected chi connectivity index (χ4v) is 2.42. The summed E-state index contributed by atoms with van der Waals surface area (Å²) in [5.41, 5.74) is 1.06. The lowest BCUT2D eigenvalue weighted by atomic mass is 10.2. The molecule has 0 saturated heterocycles. The monoisotopic (exact) mass is 329 g/mol. The molecule has 2 aromatic rings. The smallest absolute Gasteiger partial charge is 0.373 e. The third-order valence-corrected chi connectivity index (χ3v) is 3.01. The van der Waals surface area contributed by atoms with Crippen LogP contribution in [0.3, 0.4) is 0 Å². The normalized spacial score (nSPS) is 10.6. The van der Waals surface area contributed by atoms with Crippen molar-refractivity contribution in [2.75, 3.05) is 0 Å². The van der Waals surface area contributed by atoms with Crippen LogP contribution >= 0.6 is 27.5 Å². The van der Waals surface area contributed by atoms with Crippen LogP contribution in [-0.2, 0) is 6.42 Å². The Balaban J connectivity index is 2.54. The summed E-state index contributed by atoms with van der Waals surface area (Å²) in [5, 5.41) is 9.52. The second kappa shape index (κ2) is 5.12. The van der Waals surface area contributed by atoms with Gasteiger partial charge in [-0.05, 0) is 24.6 Å². The summed E-state index contributed by atoms with van der Waals surface area (Å²) in [6.07, 6.45) is 0.493. The van der Waals surface area contributed by atoms with Gasteiger partial charge in [-0.2, -0.15) is 0 Å². The topological polar surface area (TPSA) is 63.3 Å². The predicted molar refractivity (Wildman–Crippen MR) is 71.0 cm³/mol. The number of carboxylic acid groups (broad SMARTS) is 1. The number of aryl methyl sites for hydroxylation is 1. The number of aromatic nitrogens is 1. The number of rotatable bonds is 3. The summed E-state index contributed by atoms with van der Waals surface area (Å²) in [4.78, 5) is 15.2. The van der Waals surface area contributed by atoms with E-state index in [2.05, 4.69) is 20.9 Å². The third-order valence-electron chi connectivity index (χ3n) is 2.34. The van der Waals surface area contributed by atoms with Crippen molar-refractivity contribution in [1.29, 1.82) is 0 Å². The van der Waals surface area contributed by atoms with E-state index in [4.69, 9.17) is 21.1 Å². The minimum Gasteiger partial charge on any atom is -0.475 e. The molecule has 0 amide bonds. The van der Waals surface area contributed by atoms with Gasteiger partial charge >= 0.3 is 5.97 Å². The Kier molecular flexibility index (Phi) is 3.73. The van der Waals surface area contributed by atoms with Gasteiger partial charge < -0.3 is 9.52 Å². The zero-order valence-electron chi connectivity index (χ0n) is 9.41. The van der Waals surface area contributed by atoms with Crippen LogP contribution in [0.4, 0.5) is 0 Å². The first-order valence-electron chi connectivity index (χ1n) is 5.20. The van der Waals surface area contributed by atoms with Crippen LogP contribution in [0, 0.1) is 0 Å². The summed E-state index contributed by atoms with van der Waals surface area (Å²) in [7, 11) is 0. The fourth-order valence-electron chi connectivity index (χ4n) is 1.56. The first-order chi connectivity index (χ1) is 8.51. The van der Waals surface area contributed by atoms with E-state index in [0.717, 1.165) is 4.47 Å². The Labute approximate surface area is 117 Å². The lowest BCUT2D eigenvalue weighted by Crippen LogP contribution is -1.98. The van der Waals surface area contributed by atoms with Crippen LogP contribution < -0.4 is 0 Å². The summed E-state index contributed by atoms with van der Waals surface area (Å²) in [6, 6.07) is 5.17. The van der Waals surface area contributed by atoms with Crippen LogP contribution in [-0.4, -0.2) is 16.1 Å². The molecule has 0 aliphatic rings. The summed E-state index contributed by atoms with van der Waals surface area (Å²) in [6.45, 7) is 1.82. The first-order valence-corrected chi connectivity index (χ1v) is 6.37. The number of hydrogen-bond acceptors (Lipinski definition) is 3. The number of benzene rings is 1. The van der Waals surface area contributed by atoms with Gasteiger partial charge in [-0.15, -0.1) is 0 Å². The Hall–Kier alpha value is -1.33. The van der Waals surface area contributed by atoms with Gasteiger partial charge in [0.2, 0.25) is 11.7 Å². The van der Waals surface area contributed by atoms with E-state index in [1.165, 1.54) is 0 Å². The number of carboxylic acids is 1. The van der Waals surface area contributed by atoms with Crippen LogP contribution in [0.15, 0.2) is 27.1 Å². The van der Waals surface area contributed by atoms with Gasteiger partial charge in [-0.3, -0.25) is 0 Å². The minimum atomic E-state index is -1.12. The van der Waals surface area contributed by atoms with Gasteiger partial charge in [-0.25, -0.2) is 9.78 Å². The second-order valence-electron chi connectivity index (χ2n) is 3.61. The Morgan fingerprint density at radius 1 is 1.50 bits per heavy atom. The zero-order chi connectivity index (χ0) is 13.3. The van der Waals surface area contributed by atoms with E-state index >= 15 is 0 Å². The number of hydrogen-bond donors (Lipinski definition) is 1. The standard InChI is InChI=1S/C12H9BrClNO3/c1-2-9-10(12(16)17)18-11(15-9)6-3-7(13)5-8(14)4-6/h3-5H,2H2,1H3,(H,16,17). The highest BCUT2D eigenvalue weighted by Gasteiger charge is 2.19. The van der Waals surface area contributed by atoms with Gasteiger partial charge in [0.15, 0.2) is 0 Å². The van der Waals surface area contributed by atoms with Gasteiger partial charge in [0.25, 0.3) is 0 Å². The molecule has 0 atom stereocenters. The summed E-state index contributed by atoms with van der Waals surface area (Å²) >= 11 is 9.24. The molecule has 18 heavy (non-hydrogen) atoms. The zero-order valence-corrected chi connectivity index (χ0v) is 11.7. The molecular formula is C12H9BrClNO3. The van der Waals surface area contributed by atoms with Crippen molar-refractivity contribution in [1.82, 2.24) is 4.98 Å². The molecule has 0 saturated carbocycles. The van der Waals surface area contributed by atoms with E-state index < -0.39 is 5.97 Å². The van der Waals surface area contributed by atoms with Gasteiger partial charge in [0.05, 0.1) is 5.69 Å². The molecule has 1 aromatic carbocycles. The predicted octanol–water partition coefficient (Wildman–Crippen LogP) is 4.02. The molecule has 2 rings (SSSR count). The quantitative estimate of drug-likeness (QED) is 0.923. The van der Waals surface area contributed by atoms with Crippen molar-refractivity contribution in [2.45, 2.75) is 13.3 Å². The van der Waals surface area contributed by atoms with E-state index in [0.29, 0.717) is 22.7 Å². The number of nitrogens with zero attached hydrogens (tertiary/aromatic N) is 1. The van der Waals surface area contributed by atoms with Crippen molar-refractivity contribution in [3.05, 3.63) is 39.1 Å². The lowest BCUT2D eigenvalue weighted by Gasteiger charge is -1.98. The molecule has 0 bridgehead atoms. The molecule has 94 valence electrons. The van der Waals surface area contributed by atoms with Crippen LogP contribution in [0.5, 0.6) is 0 Å². The maximum Gasteiger partial charge on any atom is 0.373 e. The number of halogens is 2. The highest BCUT2D eigenvalue weighted by molar-refractivity contribution is 9.10. The third kappa shape index (κ3) is 2.57. The van der Waals surface area contributed by atoms with Crippen molar-refractivity contribution >= 4 is 33.5 Å². The van der Waals surface area contributed by atoms with E-state index in [1.807, 2.05) is 6.92 Å². The maximum atomic E-state index is 11.0. The molecule has 0 aliphatic heterocycles. The molecule has 0 aliphatic carbocycles. The highest BCUT2D eigenvalue weighted by atomic mass is 79.9. The molecule has 1 N–H and O–H groups in total. The number of carbonyl (C=O) groups is 1. The molecule has 0 fully saturated rings. The summed E-state index contributed by atoms with van der Waals surface area (Å²) in [5.74, 6) is -0.984. The largest absolute Gasteiger partial charge is 0.475 e. The second-order valence-corrected chi connectivity index (χ2v) is 4.96. The molecule has 1 heterocycles. The SMILES string of the molecule is CCc1nc(-c2cc(Cl)cc(Br)c2)oc1C(=O)O. The van der Waals surface area contributed by atoms with Gasteiger partial charge in [-0.1, -0.05) is 34.5 Å². The van der Waals surface area contributed by atoms with E-state index in [9.17, 15) is 4.79 Å². The average Bonchev–Trinajstić information content (AvgIpc) is 2.71. The summed E-state index contributed by atoms with van der Waals surface area (Å²) < 4.78 is 6.05. The minimum absolute atomic E-state index is 0.122. The molecule has 0 unspecified atom stereocenters. The van der Waals surface area contributed by atoms with Gasteiger partial charge in [0, 0.05) is 15.1 Å². The van der Waals surface area contributed by atoms with Crippen molar-refractivity contribution in [3.8, 4) is 11.5 Å².